The number of esters is 1. The molecule has 19 heavy (non-hydrogen) atoms. The number of halogens is 3. The van der Waals surface area contributed by atoms with E-state index in [1.54, 1.807) is 0 Å². The summed E-state index contributed by atoms with van der Waals surface area (Å²) in [5.74, 6) is -0.860. The number of benzene rings is 1. The van der Waals surface area contributed by atoms with E-state index < -0.39 is 5.97 Å². The van der Waals surface area contributed by atoms with Crippen LogP contribution in [0.25, 0.3) is 11.1 Å². The van der Waals surface area contributed by atoms with Crippen molar-refractivity contribution < 1.29 is 9.53 Å². The van der Waals surface area contributed by atoms with Crippen LogP contribution in [0.5, 0.6) is 0 Å². The Labute approximate surface area is 127 Å². The third-order valence-corrected chi connectivity index (χ3v) is 3.34. The molecular formula is C12H7BrCl2N2O2. The summed E-state index contributed by atoms with van der Waals surface area (Å²) >= 11 is 15.5. The van der Waals surface area contributed by atoms with E-state index in [0.29, 0.717) is 5.56 Å². The Morgan fingerprint density at radius 3 is 2.42 bits per heavy atom. The largest absolute Gasteiger partial charge is 0.463 e. The molecule has 0 spiro atoms. The highest BCUT2D eigenvalue weighted by atomic mass is 79.9. The van der Waals surface area contributed by atoms with Gasteiger partial charge in [0.05, 0.1) is 12.7 Å². The lowest BCUT2D eigenvalue weighted by atomic mass is 10.1. The monoisotopic (exact) mass is 360 g/mol. The van der Waals surface area contributed by atoms with Crippen LogP contribution in [-0.4, -0.2) is 23.0 Å². The quantitative estimate of drug-likeness (QED) is 0.599. The normalized spacial score (nSPS) is 10.3. The standard InChI is InChI=1S/C12H7BrCl2N2O2/c1-19-12(18)11-16-9(14)8(10(15)17-11)6-3-2-4-7(13)5-6/h2-5H,1H3. The van der Waals surface area contributed by atoms with E-state index >= 15 is 0 Å². The molecular weight excluding hydrogens is 355 g/mol. The smallest absolute Gasteiger partial charge is 0.376 e. The van der Waals surface area contributed by atoms with Gasteiger partial charge in [0, 0.05) is 4.47 Å². The zero-order valence-corrected chi connectivity index (χ0v) is 12.8. The Morgan fingerprint density at radius 2 is 1.89 bits per heavy atom. The Morgan fingerprint density at radius 1 is 1.26 bits per heavy atom. The Balaban J connectivity index is 2.57. The van der Waals surface area contributed by atoms with Gasteiger partial charge in [-0.25, -0.2) is 14.8 Å². The first-order valence-corrected chi connectivity index (χ1v) is 6.65. The average Bonchev–Trinajstić information content (AvgIpc) is 2.37. The molecule has 1 aromatic carbocycles. The first kappa shape index (κ1) is 14.2. The van der Waals surface area contributed by atoms with Crippen molar-refractivity contribution in [3.8, 4) is 11.1 Å². The molecule has 0 saturated heterocycles. The fourth-order valence-electron chi connectivity index (χ4n) is 1.47. The highest BCUT2D eigenvalue weighted by Gasteiger charge is 2.18. The SMILES string of the molecule is COC(=O)c1nc(Cl)c(-c2cccc(Br)c2)c(Cl)n1. The molecule has 0 aliphatic rings. The molecule has 98 valence electrons. The number of carbonyl (C=O) groups is 1. The van der Waals surface area contributed by atoms with E-state index in [-0.39, 0.29) is 16.1 Å². The van der Waals surface area contributed by atoms with Crippen molar-refractivity contribution in [3.63, 3.8) is 0 Å². The summed E-state index contributed by atoms with van der Waals surface area (Å²) in [5, 5.41) is 0.192. The minimum Gasteiger partial charge on any atom is -0.463 e. The second-order valence-electron chi connectivity index (χ2n) is 3.51. The third-order valence-electron chi connectivity index (χ3n) is 2.30. The summed E-state index contributed by atoms with van der Waals surface area (Å²) in [6.45, 7) is 0. The first-order valence-electron chi connectivity index (χ1n) is 5.10. The van der Waals surface area contributed by atoms with Crippen molar-refractivity contribution in [2.75, 3.05) is 7.11 Å². The number of ether oxygens (including phenoxy) is 1. The summed E-state index contributed by atoms with van der Waals surface area (Å²) < 4.78 is 5.39. The van der Waals surface area contributed by atoms with E-state index in [2.05, 4.69) is 30.6 Å². The molecule has 0 amide bonds. The predicted octanol–water partition coefficient (Wildman–Crippen LogP) is 4.00. The van der Waals surface area contributed by atoms with Gasteiger partial charge in [-0.1, -0.05) is 51.3 Å². The van der Waals surface area contributed by atoms with Crippen molar-refractivity contribution in [2.45, 2.75) is 0 Å². The van der Waals surface area contributed by atoms with Gasteiger partial charge < -0.3 is 4.74 Å². The van der Waals surface area contributed by atoms with Gasteiger partial charge in [-0.3, -0.25) is 0 Å². The van der Waals surface area contributed by atoms with E-state index in [1.165, 1.54) is 7.11 Å². The van der Waals surface area contributed by atoms with E-state index in [4.69, 9.17) is 23.2 Å². The lowest BCUT2D eigenvalue weighted by molar-refractivity contribution is 0.0586. The first-order chi connectivity index (χ1) is 9.02. The number of methoxy groups -OCH3 is 1. The second kappa shape index (κ2) is 5.86. The Hall–Kier alpha value is -1.17. The minimum atomic E-state index is -0.690. The Bertz CT molecular complexity index is 626. The molecule has 2 rings (SSSR count). The molecule has 4 nitrogen and oxygen atoms in total. The van der Waals surface area contributed by atoms with Gasteiger partial charge in [0.25, 0.3) is 0 Å². The van der Waals surface area contributed by atoms with Gasteiger partial charge in [-0.2, -0.15) is 0 Å². The maximum atomic E-state index is 11.3. The molecule has 0 atom stereocenters. The fraction of sp³-hybridized carbons (Fsp3) is 0.0833. The van der Waals surface area contributed by atoms with E-state index in [0.717, 1.165) is 10.0 Å². The summed E-state index contributed by atoms with van der Waals surface area (Å²) in [6, 6.07) is 7.35. The molecule has 0 bridgehead atoms. The van der Waals surface area contributed by atoms with E-state index in [9.17, 15) is 4.79 Å². The van der Waals surface area contributed by atoms with Crippen LogP contribution in [-0.2, 0) is 4.74 Å². The number of aromatic nitrogens is 2. The van der Waals surface area contributed by atoms with Crippen LogP contribution < -0.4 is 0 Å². The molecule has 0 aliphatic heterocycles. The summed E-state index contributed by atoms with van der Waals surface area (Å²) in [4.78, 5) is 19.1. The highest BCUT2D eigenvalue weighted by Crippen LogP contribution is 2.33. The molecule has 0 N–H and O–H groups in total. The predicted molar refractivity (Wildman–Crippen MR) is 76.5 cm³/mol. The summed E-state index contributed by atoms with van der Waals surface area (Å²) in [7, 11) is 1.23. The van der Waals surface area contributed by atoms with Crippen molar-refractivity contribution in [2.24, 2.45) is 0 Å². The van der Waals surface area contributed by atoms with Crippen LogP contribution in [0.4, 0.5) is 0 Å². The van der Waals surface area contributed by atoms with Crippen LogP contribution in [0.3, 0.4) is 0 Å². The molecule has 2 aromatic rings. The average molecular weight is 362 g/mol. The molecule has 0 unspecified atom stereocenters. The lowest BCUT2D eigenvalue weighted by Gasteiger charge is -2.08. The number of hydrogen-bond donors (Lipinski definition) is 0. The number of carbonyl (C=O) groups excluding carboxylic acids is 1. The van der Waals surface area contributed by atoms with Gasteiger partial charge in [-0.05, 0) is 17.7 Å². The topological polar surface area (TPSA) is 52.1 Å². The zero-order chi connectivity index (χ0) is 14.0. The fourth-order valence-corrected chi connectivity index (χ4v) is 2.48. The van der Waals surface area contributed by atoms with Gasteiger partial charge in [0.15, 0.2) is 0 Å². The van der Waals surface area contributed by atoms with Gasteiger partial charge in [0.2, 0.25) is 5.82 Å². The highest BCUT2D eigenvalue weighted by molar-refractivity contribution is 9.10. The molecule has 0 radical (unpaired) electrons. The second-order valence-corrected chi connectivity index (χ2v) is 5.14. The van der Waals surface area contributed by atoms with Crippen molar-refractivity contribution in [1.29, 1.82) is 0 Å². The van der Waals surface area contributed by atoms with Gasteiger partial charge in [-0.15, -0.1) is 0 Å². The van der Waals surface area contributed by atoms with Crippen LogP contribution in [0.2, 0.25) is 10.3 Å². The molecule has 0 saturated carbocycles. The lowest BCUT2D eigenvalue weighted by Crippen LogP contribution is -2.08. The number of nitrogens with zero attached hydrogens (tertiary/aromatic N) is 2. The molecule has 1 aromatic heterocycles. The van der Waals surface area contributed by atoms with Crippen LogP contribution >= 0.6 is 39.1 Å². The Kier molecular flexibility index (Phi) is 4.39. The van der Waals surface area contributed by atoms with Crippen molar-refractivity contribution in [1.82, 2.24) is 9.97 Å². The molecule has 0 aliphatic carbocycles. The zero-order valence-electron chi connectivity index (χ0n) is 9.65. The van der Waals surface area contributed by atoms with Gasteiger partial charge in [0.1, 0.15) is 10.3 Å². The maximum absolute atomic E-state index is 11.3. The van der Waals surface area contributed by atoms with Crippen LogP contribution in [0.1, 0.15) is 10.6 Å². The van der Waals surface area contributed by atoms with Crippen LogP contribution in [0, 0.1) is 0 Å². The van der Waals surface area contributed by atoms with Crippen molar-refractivity contribution in [3.05, 3.63) is 44.9 Å². The molecule has 7 heteroatoms. The van der Waals surface area contributed by atoms with Gasteiger partial charge >= 0.3 is 5.97 Å². The molecule has 0 fully saturated rings. The van der Waals surface area contributed by atoms with Crippen LogP contribution in [0.15, 0.2) is 28.7 Å². The maximum Gasteiger partial charge on any atom is 0.376 e. The summed E-state index contributed by atoms with van der Waals surface area (Å²) in [6.07, 6.45) is 0. The third kappa shape index (κ3) is 3.05. The summed E-state index contributed by atoms with van der Waals surface area (Å²) in [5.41, 5.74) is 1.22. The van der Waals surface area contributed by atoms with Crippen molar-refractivity contribution >= 4 is 45.1 Å². The minimum absolute atomic E-state index is 0.0958. The number of hydrogen-bond acceptors (Lipinski definition) is 4. The van der Waals surface area contributed by atoms with E-state index in [1.807, 2.05) is 24.3 Å². The number of rotatable bonds is 2. The molecule has 1 heterocycles.